The van der Waals surface area contributed by atoms with Crippen molar-refractivity contribution < 1.29 is 8.81 Å². The minimum atomic E-state index is -0.444. The molecule has 0 saturated carbocycles. The Hall–Kier alpha value is -3.80. The van der Waals surface area contributed by atoms with Crippen molar-refractivity contribution in [2.45, 2.75) is 0 Å². The Labute approximate surface area is 159 Å². The van der Waals surface area contributed by atoms with E-state index in [1.54, 1.807) is 37.6 Å². The van der Waals surface area contributed by atoms with Crippen molar-refractivity contribution in [3.05, 3.63) is 72.8 Å². The summed E-state index contributed by atoms with van der Waals surface area (Å²) in [4.78, 5) is 13.1. The molecule has 0 bridgehead atoms. The number of hydrogen-bond acceptors (Lipinski definition) is 5. The van der Waals surface area contributed by atoms with Gasteiger partial charge in [0.05, 0.1) is 5.56 Å². The minimum Gasteiger partial charge on any atom is -0.456 e. The van der Waals surface area contributed by atoms with E-state index in [1.807, 2.05) is 36.4 Å². The first kappa shape index (κ1) is 16.4. The number of nitrogens with zero attached hydrogens (tertiary/aromatic N) is 3. The van der Waals surface area contributed by atoms with Gasteiger partial charge >= 0.3 is 0 Å². The van der Waals surface area contributed by atoms with Crippen molar-refractivity contribution in [2.24, 2.45) is 0 Å². The van der Waals surface area contributed by atoms with Crippen LogP contribution in [0.25, 0.3) is 44.6 Å². The van der Waals surface area contributed by atoms with Gasteiger partial charge in [-0.3, -0.25) is 4.98 Å². The highest BCUT2D eigenvalue weighted by Gasteiger charge is 2.18. The summed E-state index contributed by atoms with van der Waals surface area (Å²) in [6, 6.07) is 16.6. The molecule has 1 N–H and O–H groups in total. The highest BCUT2D eigenvalue weighted by atomic mass is 19.1. The van der Waals surface area contributed by atoms with Gasteiger partial charge in [-0.2, -0.15) is 0 Å². The summed E-state index contributed by atoms with van der Waals surface area (Å²) in [6.45, 7) is 0. The molecule has 136 valence electrons. The van der Waals surface area contributed by atoms with E-state index in [9.17, 15) is 0 Å². The fourth-order valence-electron chi connectivity index (χ4n) is 3.28. The van der Waals surface area contributed by atoms with Crippen LogP contribution < -0.4 is 5.32 Å². The number of pyridine rings is 1. The van der Waals surface area contributed by atoms with Crippen molar-refractivity contribution in [2.75, 3.05) is 12.4 Å². The Bertz CT molecular complexity index is 1280. The predicted octanol–water partition coefficient (Wildman–Crippen LogP) is 5.29. The van der Waals surface area contributed by atoms with Gasteiger partial charge in [0.15, 0.2) is 11.6 Å². The molecule has 0 amide bonds. The third kappa shape index (κ3) is 2.58. The molecule has 5 aromatic rings. The zero-order valence-corrected chi connectivity index (χ0v) is 15.0. The van der Waals surface area contributed by atoms with Gasteiger partial charge in [0.1, 0.15) is 22.7 Å². The van der Waals surface area contributed by atoms with E-state index in [0.29, 0.717) is 33.9 Å². The number of fused-ring (bicyclic) bond motifs is 2. The Morgan fingerprint density at radius 1 is 1.00 bits per heavy atom. The number of furan rings is 1. The summed E-state index contributed by atoms with van der Waals surface area (Å²) >= 11 is 0. The van der Waals surface area contributed by atoms with Crippen LogP contribution in [-0.2, 0) is 0 Å². The van der Waals surface area contributed by atoms with Gasteiger partial charge in [0.2, 0.25) is 0 Å². The first-order valence-electron chi connectivity index (χ1n) is 8.82. The highest BCUT2D eigenvalue weighted by Crippen LogP contribution is 2.34. The lowest BCUT2D eigenvalue weighted by atomic mass is 10.1. The maximum atomic E-state index is 15.5. The molecule has 0 aliphatic heterocycles. The monoisotopic (exact) mass is 370 g/mol. The number of nitrogens with one attached hydrogen (secondary N) is 1. The van der Waals surface area contributed by atoms with Gasteiger partial charge in [-0.1, -0.05) is 18.2 Å². The van der Waals surface area contributed by atoms with Crippen molar-refractivity contribution in [3.8, 4) is 22.7 Å². The number of hydrogen-bond donors (Lipinski definition) is 1. The van der Waals surface area contributed by atoms with Crippen LogP contribution in [0.4, 0.5) is 10.2 Å². The van der Waals surface area contributed by atoms with Crippen LogP contribution >= 0.6 is 0 Å². The van der Waals surface area contributed by atoms with Crippen LogP contribution in [-0.4, -0.2) is 22.0 Å². The van der Waals surface area contributed by atoms with Gasteiger partial charge in [0.25, 0.3) is 0 Å². The third-order valence-electron chi connectivity index (χ3n) is 4.65. The Balaban J connectivity index is 1.75. The maximum absolute atomic E-state index is 15.5. The number of rotatable bonds is 3. The molecular formula is C22H15FN4O. The molecule has 0 aliphatic rings. The molecule has 5 rings (SSSR count). The van der Waals surface area contributed by atoms with Gasteiger partial charge < -0.3 is 9.73 Å². The maximum Gasteiger partial charge on any atom is 0.163 e. The molecule has 28 heavy (non-hydrogen) atoms. The fraction of sp³-hybridized carbons (Fsp3) is 0.0455. The molecule has 0 spiro atoms. The summed E-state index contributed by atoms with van der Waals surface area (Å²) in [6.07, 6.45) is 3.32. The predicted molar refractivity (Wildman–Crippen MR) is 107 cm³/mol. The van der Waals surface area contributed by atoms with Crippen LogP contribution in [0.3, 0.4) is 0 Å². The average molecular weight is 370 g/mol. The Morgan fingerprint density at radius 3 is 2.68 bits per heavy atom. The number of benzene rings is 2. The van der Waals surface area contributed by atoms with Crippen molar-refractivity contribution in [1.29, 1.82) is 0 Å². The molecule has 5 nitrogen and oxygen atoms in total. The second kappa shape index (κ2) is 6.42. The lowest BCUT2D eigenvalue weighted by Gasteiger charge is -2.10. The number of halogens is 1. The van der Waals surface area contributed by atoms with E-state index in [2.05, 4.69) is 20.3 Å². The molecule has 2 aromatic carbocycles. The van der Waals surface area contributed by atoms with E-state index < -0.39 is 5.82 Å². The van der Waals surface area contributed by atoms with E-state index in [1.165, 1.54) is 0 Å². The molecule has 3 aromatic heterocycles. The smallest absolute Gasteiger partial charge is 0.163 e. The number of aromatic nitrogens is 3. The van der Waals surface area contributed by atoms with E-state index in [4.69, 9.17) is 4.42 Å². The second-order valence-electron chi connectivity index (χ2n) is 6.36. The summed E-state index contributed by atoms with van der Waals surface area (Å²) in [5, 5.41) is 4.55. The zero-order chi connectivity index (χ0) is 19.1. The van der Waals surface area contributed by atoms with Crippen LogP contribution in [0.2, 0.25) is 0 Å². The van der Waals surface area contributed by atoms with Crippen molar-refractivity contribution >= 4 is 27.7 Å². The summed E-state index contributed by atoms with van der Waals surface area (Å²) in [5.41, 5.74) is 2.03. The first-order chi connectivity index (χ1) is 13.7. The quantitative estimate of drug-likeness (QED) is 0.468. The van der Waals surface area contributed by atoms with Crippen molar-refractivity contribution in [1.82, 2.24) is 15.0 Å². The van der Waals surface area contributed by atoms with E-state index in [-0.39, 0.29) is 5.52 Å². The fourth-order valence-corrected chi connectivity index (χ4v) is 3.28. The molecular weight excluding hydrogens is 355 g/mol. The highest BCUT2D eigenvalue weighted by molar-refractivity contribution is 5.94. The average Bonchev–Trinajstić information content (AvgIpc) is 3.18. The number of anilines is 1. The summed E-state index contributed by atoms with van der Waals surface area (Å²) in [5.74, 6) is 0.984. The normalized spacial score (nSPS) is 11.2. The Morgan fingerprint density at radius 2 is 1.89 bits per heavy atom. The van der Waals surface area contributed by atoms with Crippen LogP contribution in [0.15, 0.2) is 71.4 Å². The van der Waals surface area contributed by atoms with Gasteiger partial charge in [0, 0.05) is 35.8 Å². The molecule has 0 aliphatic carbocycles. The standard InChI is InChI=1S/C22H15FN4O/c1-24-22-16-9-8-15(18-11-13-5-2-3-7-17(13)28-18)19(23)20(16)26-21(27-22)14-6-4-10-25-12-14/h2-12H,1H3,(H,24,26,27). The SMILES string of the molecule is CNc1nc(-c2cccnc2)nc2c(F)c(-c3cc4ccccc4o3)ccc12. The minimum absolute atomic E-state index is 0.233. The second-order valence-corrected chi connectivity index (χ2v) is 6.36. The zero-order valence-electron chi connectivity index (χ0n) is 15.0. The molecule has 0 unspecified atom stereocenters. The van der Waals surface area contributed by atoms with E-state index in [0.717, 1.165) is 10.9 Å². The molecule has 3 heterocycles. The molecule has 0 fully saturated rings. The molecule has 0 saturated heterocycles. The van der Waals surface area contributed by atoms with Gasteiger partial charge in [-0.05, 0) is 36.4 Å². The topological polar surface area (TPSA) is 63.8 Å². The van der Waals surface area contributed by atoms with Gasteiger partial charge in [-0.15, -0.1) is 0 Å². The molecule has 6 heteroatoms. The Kier molecular flexibility index (Phi) is 3.76. The molecule has 0 atom stereocenters. The molecule has 0 radical (unpaired) electrons. The van der Waals surface area contributed by atoms with Crippen LogP contribution in [0.5, 0.6) is 0 Å². The third-order valence-corrected chi connectivity index (χ3v) is 4.65. The first-order valence-corrected chi connectivity index (χ1v) is 8.82. The summed E-state index contributed by atoms with van der Waals surface area (Å²) in [7, 11) is 1.75. The van der Waals surface area contributed by atoms with Gasteiger partial charge in [-0.25, -0.2) is 14.4 Å². The lowest BCUT2D eigenvalue weighted by Crippen LogP contribution is -2.01. The largest absolute Gasteiger partial charge is 0.456 e. The van der Waals surface area contributed by atoms with Crippen LogP contribution in [0.1, 0.15) is 0 Å². The number of para-hydroxylation sites is 1. The van der Waals surface area contributed by atoms with E-state index >= 15 is 4.39 Å². The van der Waals surface area contributed by atoms with Crippen molar-refractivity contribution in [3.63, 3.8) is 0 Å². The lowest BCUT2D eigenvalue weighted by molar-refractivity contribution is 0.606. The summed E-state index contributed by atoms with van der Waals surface area (Å²) < 4.78 is 21.3. The van der Waals surface area contributed by atoms with Crippen LogP contribution in [0, 0.1) is 5.82 Å².